The van der Waals surface area contributed by atoms with Gasteiger partial charge in [0.15, 0.2) is 5.60 Å². The number of likely N-dealkylation sites (tertiary alicyclic amines) is 1. The van der Waals surface area contributed by atoms with Gasteiger partial charge in [-0.05, 0) is 83.7 Å². The van der Waals surface area contributed by atoms with E-state index in [1.54, 1.807) is 0 Å². The van der Waals surface area contributed by atoms with Crippen molar-refractivity contribution in [1.82, 2.24) is 4.90 Å². The maximum atomic E-state index is 13.1. The maximum absolute atomic E-state index is 13.1. The van der Waals surface area contributed by atoms with Crippen LogP contribution >= 0.6 is 0 Å². The lowest BCUT2D eigenvalue weighted by molar-refractivity contribution is -0.170. The molecule has 5 unspecified atom stereocenters. The van der Waals surface area contributed by atoms with Crippen molar-refractivity contribution in [3.8, 4) is 0 Å². The summed E-state index contributed by atoms with van der Waals surface area (Å²) in [6.45, 7) is 6.56. The molecule has 3 aliphatic rings. The van der Waals surface area contributed by atoms with Gasteiger partial charge in [-0.3, -0.25) is 19.3 Å². The quantitative estimate of drug-likeness (QED) is 0.234. The van der Waals surface area contributed by atoms with Gasteiger partial charge in [0.1, 0.15) is 6.10 Å². The third-order valence-electron chi connectivity index (χ3n) is 7.52. The summed E-state index contributed by atoms with van der Waals surface area (Å²) in [6.07, 6.45) is 14.9. The summed E-state index contributed by atoms with van der Waals surface area (Å²) in [5, 5.41) is 33.8. The summed E-state index contributed by atoms with van der Waals surface area (Å²) in [5.74, 6) is -4.27. The smallest absolute Gasteiger partial charge is 0.336 e. The van der Waals surface area contributed by atoms with E-state index in [2.05, 4.69) is 43.1 Å². The van der Waals surface area contributed by atoms with Gasteiger partial charge in [-0.1, -0.05) is 24.3 Å². The molecular weight excluding hydrogens is 482 g/mol. The highest BCUT2D eigenvalue weighted by molar-refractivity contribution is 5.88. The summed E-state index contributed by atoms with van der Waals surface area (Å²) >= 11 is 0. The SMILES string of the molecule is CC(OC(=O)C(C1C=CCC1)C1C=CCCC1)C(C)N1CCCC1.O=C(O)CC(O)(CC(=O)O)C(=O)O. The average molecular weight is 524 g/mol. The highest BCUT2D eigenvalue weighted by atomic mass is 16.5. The van der Waals surface area contributed by atoms with Crippen LogP contribution < -0.4 is 0 Å². The summed E-state index contributed by atoms with van der Waals surface area (Å²) in [7, 11) is 0. The fourth-order valence-electron chi connectivity index (χ4n) is 5.28. The number of hydrogen-bond donors (Lipinski definition) is 4. The summed E-state index contributed by atoms with van der Waals surface area (Å²) < 4.78 is 6.00. The van der Waals surface area contributed by atoms with Crippen molar-refractivity contribution in [1.29, 1.82) is 0 Å². The van der Waals surface area contributed by atoms with Crippen LogP contribution in [0.4, 0.5) is 0 Å². The molecule has 0 spiro atoms. The standard InChI is InChI=1S/C21H33NO2.C6H8O7/c1-16(22-14-8-9-15-22)17(2)24-21(23)20(19-12-6-7-13-19)18-10-4-3-5-11-18;7-3(8)1-6(13,5(11)12)2-4(9)10/h4,6,10,12,16-20H,3,5,7-9,11,13-15H2,1-2H3;13H,1-2H2,(H,7,8)(H,9,10)(H,11,12). The monoisotopic (exact) mass is 523 g/mol. The topological polar surface area (TPSA) is 162 Å². The van der Waals surface area contributed by atoms with Crippen molar-refractivity contribution < 1.29 is 44.3 Å². The summed E-state index contributed by atoms with van der Waals surface area (Å²) in [4.78, 5) is 46.0. The molecular formula is C27H41NO9. The molecule has 10 nitrogen and oxygen atoms in total. The van der Waals surface area contributed by atoms with E-state index in [9.17, 15) is 19.2 Å². The number of nitrogens with zero attached hydrogens (tertiary/aromatic N) is 1. The van der Waals surface area contributed by atoms with E-state index in [1.807, 2.05) is 0 Å². The molecule has 1 saturated heterocycles. The minimum absolute atomic E-state index is 0.00790. The van der Waals surface area contributed by atoms with Crippen molar-refractivity contribution in [2.75, 3.05) is 13.1 Å². The molecule has 10 heteroatoms. The van der Waals surface area contributed by atoms with Crippen molar-refractivity contribution in [3.63, 3.8) is 0 Å². The third kappa shape index (κ3) is 9.27. The van der Waals surface area contributed by atoms with Crippen LogP contribution in [0.25, 0.3) is 0 Å². The molecule has 1 aliphatic heterocycles. The van der Waals surface area contributed by atoms with Crippen LogP contribution in [0.3, 0.4) is 0 Å². The Morgan fingerprint density at radius 2 is 1.43 bits per heavy atom. The predicted molar refractivity (Wildman–Crippen MR) is 135 cm³/mol. The van der Waals surface area contributed by atoms with E-state index in [1.165, 1.54) is 19.3 Å². The number of rotatable bonds is 11. The Morgan fingerprint density at radius 3 is 1.89 bits per heavy atom. The largest absolute Gasteiger partial charge is 0.481 e. The Balaban J connectivity index is 0.000000317. The number of allylic oxidation sites excluding steroid dienone is 4. The number of carbonyl (C=O) groups excluding carboxylic acids is 1. The van der Waals surface area contributed by atoms with Gasteiger partial charge in [0.05, 0.1) is 18.8 Å². The molecule has 4 N–H and O–H groups in total. The Kier molecular flexibility index (Phi) is 11.8. The van der Waals surface area contributed by atoms with E-state index in [-0.39, 0.29) is 18.0 Å². The van der Waals surface area contributed by atoms with E-state index in [0.717, 1.165) is 38.8 Å². The zero-order chi connectivity index (χ0) is 27.6. The summed E-state index contributed by atoms with van der Waals surface area (Å²) in [5.41, 5.74) is -2.74. The number of carboxylic acids is 3. The first kappa shape index (κ1) is 30.5. The van der Waals surface area contributed by atoms with Crippen LogP contribution in [0, 0.1) is 17.8 Å². The molecule has 0 bridgehead atoms. The second-order valence-electron chi connectivity index (χ2n) is 10.3. The Bertz CT molecular complexity index is 846. The molecule has 0 radical (unpaired) electrons. The van der Waals surface area contributed by atoms with Gasteiger partial charge in [0, 0.05) is 6.04 Å². The van der Waals surface area contributed by atoms with Crippen LogP contribution in [0.15, 0.2) is 24.3 Å². The van der Waals surface area contributed by atoms with Crippen LogP contribution in [-0.4, -0.2) is 80.0 Å². The molecule has 1 fully saturated rings. The predicted octanol–water partition coefficient (Wildman–Crippen LogP) is 3.09. The first-order valence-electron chi connectivity index (χ1n) is 13.1. The minimum Gasteiger partial charge on any atom is -0.481 e. The van der Waals surface area contributed by atoms with Gasteiger partial charge in [0.25, 0.3) is 0 Å². The number of aliphatic hydroxyl groups is 1. The lowest BCUT2D eigenvalue weighted by Crippen LogP contribution is -2.42. The van der Waals surface area contributed by atoms with Crippen LogP contribution in [0.5, 0.6) is 0 Å². The minimum atomic E-state index is -2.74. The van der Waals surface area contributed by atoms with Crippen molar-refractivity contribution in [2.45, 2.75) is 89.4 Å². The highest BCUT2D eigenvalue weighted by Gasteiger charge is 2.41. The second-order valence-corrected chi connectivity index (χ2v) is 10.3. The molecule has 2 aliphatic carbocycles. The number of carboxylic acid groups (broad SMARTS) is 3. The normalized spacial score (nSPS) is 24.0. The van der Waals surface area contributed by atoms with Gasteiger partial charge in [0.2, 0.25) is 0 Å². The molecule has 0 saturated carbocycles. The number of ether oxygens (including phenoxy) is 1. The van der Waals surface area contributed by atoms with Crippen molar-refractivity contribution in [3.05, 3.63) is 24.3 Å². The van der Waals surface area contributed by atoms with Crippen molar-refractivity contribution >= 4 is 23.9 Å². The molecule has 1 heterocycles. The molecule has 0 amide bonds. The number of carbonyl (C=O) groups is 4. The van der Waals surface area contributed by atoms with Gasteiger partial charge in [-0.25, -0.2) is 4.79 Å². The molecule has 208 valence electrons. The lowest BCUT2D eigenvalue weighted by atomic mass is 9.76. The second kappa shape index (κ2) is 14.3. The molecule has 5 atom stereocenters. The van der Waals surface area contributed by atoms with Gasteiger partial charge in [-0.2, -0.15) is 0 Å². The number of hydrogen-bond acceptors (Lipinski definition) is 7. The molecule has 0 aromatic carbocycles. The molecule has 37 heavy (non-hydrogen) atoms. The first-order chi connectivity index (χ1) is 17.4. The Morgan fingerprint density at radius 1 is 0.892 bits per heavy atom. The van der Waals surface area contributed by atoms with Gasteiger partial charge < -0.3 is 25.2 Å². The van der Waals surface area contributed by atoms with Crippen LogP contribution in [0.2, 0.25) is 0 Å². The van der Waals surface area contributed by atoms with Crippen LogP contribution in [-0.2, 0) is 23.9 Å². The zero-order valence-corrected chi connectivity index (χ0v) is 21.8. The molecule has 0 aromatic rings. The molecule has 0 aromatic heterocycles. The van der Waals surface area contributed by atoms with E-state index in [4.69, 9.17) is 25.2 Å². The average Bonchev–Trinajstić information content (AvgIpc) is 3.53. The lowest BCUT2D eigenvalue weighted by Gasteiger charge is -2.33. The van der Waals surface area contributed by atoms with Crippen LogP contribution in [0.1, 0.15) is 71.6 Å². The first-order valence-corrected chi connectivity index (χ1v) is 13.1. The van der Waals surface area contributed by atoms with E-state index in [0.29, 0.717) is 17.9 Å². The van der Waals surface area contributed by atoms with Gasteiger partial charge in [-0.15, -0.1) is 0 Å². The Hall–Kier alpha value is -2.72. The maximum Gasteiger partial charge on any atom is 0.336 e. The fourth-order valence-corrected chi connectivity index (χ4v) is 5.28. The Labute approximate surface area is 218 Å². The zero-order valence-electron chi connectivity index (χ0n) is 21.8. The highest BCUT2D eigenvalue weighted by Crippen LogP contribution is 2.37. The molecule has 3 rings (SSSR count). The van der Waals surface area contributed by atoms with E-state index < -0.39 is 36.4 Å². The summed E-state index contributed by atoms with van der Waals surface area (Å²) in [6, 6.07) is 0.318. The third-order valence-corrected chi connectivity index (χ3v) is 7.52. The van der Waals surface area contributed by atoms with E-state index >= 15 is 0 Å². The van der Waals surface area contributed by atoms with Crippen molar-refractivity contribution in [2.24, 2.45) is 17.8 Å². The van der Waals surface area contributed by atoms with Gasteiger partial charge >= 0.3 is 23.9 Å². The fraction of sp³-hybridized carbons (Fsp3) is 0.704. The number of aliphatic carboxylic acids is 3. The number of esters is 1.